The molecule has 0 spiro atoms. The molecule has 1 aliphatic heterocycles. The Morgan fingerprint density at radius 2 is 1.77 bits per heavy atom. The van der Waals surface area contributed by atoms with Gasteiger partial charge in [0.25, 0.3) is 5.91 Å². The number of piperidine rings is 1. The molecule has 6 nitrogen and oxygen atoms in total. The van der Waals surface area contributed by atoms with Gasteiger partial charge in [-0.05, 0) is 48.9 Å². The van der Waals surface area contributed by atoms with Crippen LogP contribution in [-0.2, 0) is 14.3 Å². The van der Waals surface area contributed by atoms with Gasteiger partial charge in [-0.3, -0.25) is 9.59 Å². The Morgan fingerprint density at radius 3 is 2.46 bits per heavy atom. The molecule has 0 bridgehead atoms. The molecular weight excluding hydrogens is 332 g/mol. The van der Waals surface area contributed by atoms with Crippen LogP contribution in [0.25, 0.3) is 0 Å². The molecule has 140 valence electrons. The maximum Gasteiger partial charge on any atom is 0.338 e. The number of hydrogen-bond donors (Lipinski definition) is 1. The van der Waals surface area contributed by atoms with Gasteiger partial charge in [0.2, 0.25) is 5.91 Å². The van der Waals surface area contributed by atoms with Gasteiger partial charge in [0.1, 0.15) is 0 Å². The molecule has 2 atom stereocenters. The molecule has 1 aliphatic carbocycles. The lowest BCUT2D eigenvalue weighted by Crippen LogP contribution is -2.46. The Balaban J connectivity index is 1.48. The summed E-state index contributed by atoms with van der Waals surface area (Å²) in [6.07, 6.45) is 6.13. The summed E-state index contributed by atoms with van der Waals surface area (Å²) in [5, 5.41) is 2.64. The van der Waals surface area contributed by atoms with Crippen molar-refractivity contribution in [1.82, 2.24) is 4.90 Å². The molecule has 1 saturated heterocycles. The topological polar surface area (TPSA) is 75.7 Å². The number of ether oxygens (including phenoxy) is 1. The van der Waals surface area contributed by atoms with Crippen LogP contribution >= 0.6 is 0 Å². The number of likely N-dealkylation sites (tertiary alicyclic amines) is 1. The molecule has 3 rings (SSSR count). The van der Waals surface area contributed by atoms with Crippen LogP contribution in [0.4, 0.5) is 5.69 Å². The van der Waals surface area contributed by atoms with E-state index < -0.39 is 5.97 Å². The summed E-state index contributed by atoms with van der Waals surface area (Å²) in [5.74, 6) is 0.557. The third kappa shape index (κ3) is 4.62. The van der Waals surface area contributed by atoms with Crippen molar-refractivity contribution < 1.29 is 19.1 Å². The summed E-state index contributed by atoms with van der Waals surface area (Å²) in [6.45, 7) is 2.77. The molecule has 1 aromatic rings. The van der Waals surface area contributed by atoms with Crippen LogP contribution < -0.4 is 5.32 Å². The maximum atomic E-state index is 12.4. The van der Waals surface area contributed by atoms with E-state index >= 15 is 0 Å². The molecule has 2 fully saturated rings. The van der Waals surface area contributed by atoms with Crippen molar-refractivity contribution in [3.63, 3.8) is 0 Å². The summed E-state index contributed by atoms with van der Waals surface area (Å²) < 4.78 is 5.18. The van der Waals surface area contributed by atoms with Crippen molar-refractivity contribution in [2.24, 2.45) is 11.8 Å². The fraction of sp³-hybridized carbons (Fsp3) is 0.550. The predicted molar refractivity (Wildman–Crippen MR) is 97.7 cm³/mol. The Morgan fingerprint density at radius 1 is 1.08 bits per heavy atom. The van der Waals surface area contributed by atoms with Crippen molar-refractivity contribution in [2.75, 3.05) is 25.0 Å². The monoisotopic (exact) mass is 358 g/mol. The van der Waals surface area contributed by atoms with E-state index in [4.69, 9.17) is 4.74 Å². The number of carbonyl (C=O) groups is 3. The molecule has 1 N–H and O–H groups in total. The summed E-state index contributed by atoms with van der Waals surface area (Å²) in [7, 11) is 0. The molecule has 2 aliphatic rings. The minimum Gasteiger partial charge on any atom is -0.452 e. The number of rotatable bonds is 4. The quantitative estimate of drug-likeness (QED) is 0.840. The van der Waals surface area contributed by atoms with Crippen molar-refractivity contribution >= 4 is 23.5 Å². The molecule has 0 aromatic heterocycles. The van der Waals surface area contributed by atoms with Gasteiger partial charge in [-0.1, -0.05) is 19.3 Å². The third-order valence-corrected chi connectivity index (χ3v) is 5.41. The molecule has 0 unspecified atom stereocenters. The smallest absolute Gasteiger partial charge is 0.338 e. The molecule has 26 heavy (non-hydrogen) atoms. The van der Waals surface area contributed by atoms with Gasteiger partial charge in [-0.25, -0.2) is 4.79 Å². The minimum absolute atomic E-state index is 0.114. The number of esters is 1. The molecule has 0 radical (unpaired) electrons. The zero-order valence-corrected chi connectivity index (χ0v) is 15.2. The van der Waals surface area contributed by atoms with E-state index in [2.05, 4.69) is 5.32 Å². The van der Waals surface area contributed by atoms with Gasteiger partial charge >= 0.3 is 5.97 Å². The first kappa shape index (κ1) is 18.4. The molecular formula is C20H26N2O4. The SMILES string of the molecule is CC(=O)Nc1ccc(C(=O)OCC(=O)N2CC[C@@H]3CCCC[C@@H]3C2)cc1. The fourth-order valence-electron chi connectivity index (χ4n) is 4.02. The van der Waals surface area contributed by atoms with Gasteiger partial charge in [0.15, 0.2) is 6.61 Å². The van der Waals surface area contributed by atoms with Crippen LogP contribution in [-0.4, -0.2) is 42.4 Å². The van der Waals surface area contributed by atoms with Crippen LogP contribution in [0.1, 0.15) is 49.4 Å². The number of carbonyl (C=O) groups excluding carboxylic acids is 3. The van der Waals surface area contributed by atoms with Crippen LogP contribution in [0.2, 0.25) is 0 Å². The van der Waals surface area contributed by atoms with E-state index in [0.717, 1.165) is 25.4 Å². The number of anilines is 1. The molecule has 1 heterocycles. The first-order valence-electron chi connectivity index (χ1n) is 9.35. The van der Waals surface area contributed by atoms with E-state index in [1.54, 1.807) is 24.3 Å². The van der Waals surface area contributed by atoms with Crippen LogP contribution in [0.5, 0.6) is 0 Å². The second kappa shape index (κ2) is 8.34. The first-order chi connectivity index (χ1) is 12.5. The van der Waals surface area contributed by atoms with Crippen LogP contribution in [0.15, 0.2) is 24.3 Å². The highest BCUT2D eigenvalue weighted by Crippen LogP contribution is 2.36. The Hall–Kier alpha value is -2.37. The van der Waals surface area contributed by atoms with Crippen molar-refractivity contribution in [1.29, 1.82) is 0 Å². The number of amides is 2. The van der Waals surface area contributed by atoms with Crippen molar-refractivity contribution in [3.05, 3.63) is 29.8 Å². The number of benzene rings is 1. The number of fused-ring (bicyclic) bond motifs is 1. The standard InChI is InChI=1S/C20H26N2O4/c1-14(23)21-18-8-6-16(7-9-18)20(25)26-13-19(24)22-11-10-15-4-2-3-5-17(15)12-22/h6-9,15,17H,2-5,10-13H2,1H3,(H,21,23)/t15-,17+/m0/s1. The number of nitrogens with one attached hydrogen (secondary N) is 1. The van der Waals surface area contributed by atoms with Gasteiger partial charge in [-0.2, -0.15) is 0 Å². The average Bonchev–Trinajstić information content (AvgIpc) is 2.65. The van der Waals surface area contributed by atoms with E-state index in [1.807, 2.05) is 4.90 Å². The lowest BCUT2D eigenvalue weighted by molar-refractivity contribution is -0.137. The first-order valence-corrected chi connectivity index (χ1v) is 9.35. The summed E-state index contributed by atoms with van der Waals surface area (Å²) in [4.78, 5) is 37.3. The molecule has 1 aromatic carbocycles. The maximum absolute atomic E-state index is 12.4. The van der Waals surface area contributed by atoms with E-state index in [0.29, 0.717) is 17.2 Å². The van der Waals surface area contributed by atoms with E-state index in [9.17, 15) is 14.4 Å². The molecule has 1 saturated carbocycles. The summed E-state index contributed by atoms with van der Waals surface area (Å²) in [5.41, 5.74) is 0.971. The Bertz CT molecular complexity index is 671. The average molecular weight is 358 g/mol. The largest absolute Gasteiger partial charge is 0.452 e. The highest BCUT2D eigenvalue weighted by molar-refractivity contribution is 5.93. The lowest BCUT2D eigenvalue weighted by Gasteiger charge is -2.41. The Labute approximate surface area is 153 Å². The van der Waals surface area contributed by atoms with Gasteiger partial charge in [0, 0.05) is 25.7 Å². The van der Waals surface area contributed by atoms with Crippen LogP contribution in [0, 0.1) is 11.8 Å². The predicted octanol–water partition coefficient (Wildman–Crippen LogP) is 2.84. The fourth-order valence-corrected chi connectivity index (χ4v) is 4.02. The summed E-state index contributed by atoms with van der Waals surface area (Å²) >= 11 is 0. The van der Waals surface area contributed by atoms with Crippen molar-refractivity contribution in [2.45, 2.75) is 39.0 Å². The van der Waals surface area contributed by atoms with Gasteiger partial charge < -0.3 is 15.0 Å². The number of hydrogen-bond acceptors (Lipinski definition) is 4. The Kier molecular flexibility index (Phi) is 5.91. The zero-order valence-electron chi connectivity index (χ0n) is 15.2. The van der Waals surface area contributed by atoms with E-state index in [-0.39, 0.29) is 18.4 Å². The highest BCUT2D eigenvalue weighted by atomic mass is 16.5. The second-order valence-corrected chi connectivity index (χ2v) is 7.27. The van der Waals surface area contributed by atoms with Crippen molar-refractivity contribution in [3.8, 4) is 0 Å². The van der Waals surface area contributed by atoms with E-state index in [1.165, 1.54) is 32.6 Å². The minimum atomic E-state index is -0.528. The van der Waals surface area contributed by atoms with Gasteiger partial charge in [0.05, 0.1) is 5.56 Å². The number of nitrogens with zero attached hydrogens (tertiary/aromatic N) is 1. The molecule has 2 amide bonds. The normalized spacial score (nSPS) is 22.3. The zero-order chi connectivity index (χ0) is 18.5. The highest BCUT2D eigenvalue weighted by Gasteiger charge is 2.33. The second-order valence-electron chi connectivity index (χ2n) is 7.27. The molecule has 6 heteroatoms. The van der Waals surface area contributed by atoms with Crippen LogP contribution in [0.3, 0.4) is 0 Å². The van der Waals surface area contributed by atoms with Gasteiger partial charge in [-0.15, -0.1) is 0 Å². The summed E-state index contributed by atoms with van der Waals surface area (Å²) in [6, 6.07) is 6.42. The lowest BCUT2D eigenvalue weighted by atomic mass is 9.75. The third-order valence-electron chi connectivity index (χ3n) is 5.41.